The molecule has 0 bridgehead atoms. The van der Waals surface area contributed by atoms with Crippen molar-refractivity contribution in [2.75, 3.05) is 7.11 Å². The van der Waals surface area contributed by atoms with Crippen molar-refractivity contribution in [2.24, 2.45) is 0 Å². The smallest absolute Gasteiger partial charge is 0.124 e. The van der Waals surface area contributed by atoms with Crippen LogP contribution in [0.5, 0.6) is 5.75 Å². The molecule has 0 saturated heterocycles. The van der Waals surface area contributed by atoms with E-state index in [1.807, 2.05) is 24.3 Å². The summed E-state index contributed by atoms with van der Waals surface area (Å²) in [6.07, 6.45) is 0.753. The molecule has 0 heterocycles. The first-order chi connectivity index (χ1) is 9.10. The summed E-state index contributed by atoms with van der Waals surface area (Å²) in [5.74, 6) is 0.497. The largest absolute Gasteiger partial charge is 0.497 e. The molecule has 0 fully saturated rings. The summed E-state index contributed by atoms with van der Waals surface area (Å²) in [7, 11) is 1.64. The molecule has 0 aliphatic rings. The first-order valence-electron chi connectivity index (χ1n) is 5.82. The average Bonchev–Trinajstić information content (AvgIpc) is 2.38. The van der Waals surface area contributed by atoms with Crippen LogP contribution in [0.2, 0.25) is 5.02 Å². The van der Waals surface area contributed by atoms with Crippen molar-refractivity contribution in [2.45, 2.75) is 11.2 Å². The molecular weight excluding hydrogens is 331 g/mol. The van der Waals surface area contributed by atoms with Crippen LogP contribution in [0, 0.1) is 5.82 Å². The van der Waals surface area contributed by atoms with Crippen LogP contribution >= 0.6 is 27.5 Å². The van der Waals surface area contributed by atoms with Gasteiger partial charge in [0.1, 0.15) is 11.6 Å². The molecular formula is C15H13BrClFO. The van der Waals surface area contributed by atoms with Crippen LogP contribution in [0.3, 0.4) is 0 Å². The third-order valence-electron chi connectivity index (χ3n) is 2.85. The fourth-order valence-electron chi connectivity index (χ4n) is 1.87. The van der Waals surface area contributed by atoms with E-state index in [0.29, 0.717) is 5.02 Å². The zero-order valence-corrected chi connectivity index (χ0v) is 12.7. The number of hydrogen-bond acceptors (Lipinski definition) is 1. The van der Waals surface area contributed by atoms with Gasteiger partial charge in [0, 0.05) is 9.85 Å². The van der Waals surface area contributed by atoms with E-state index >= 15 is 0 Å². The second-order valence-corrected chi connectivity index (χ2v) is 5.70. The lowest BCUT2D eigenvalue weighted by Gasteiger charge is -2.13. The van der Waals surface area contributed by atoms with Crippen LogP contribution in [-0.2, 0) is 6.42 Å². The highest BCUT2D eigenvalue weighted by atomic mass is 79.9. The Morgan fingerprint density at radius 1 is 1.26 bits per heavy atom. The van der Waals surface area contributed by atoms with Gasteiger partial charge in [0.05, 0.1) is 7.11 Å². The maximum absolute atomic E-state index is 13.0. The van der Waals surface area contributed by atoms with Gasteiger partial charge in [-0.15, -0.1) is 0 Å². The molecule has 1 nitrogen and oxygen atoms in total. The SMILES string of the molecule is COc1cccc(CC(Br)c2ccc(F)cc2Cl)c1. The van der Waals surface area contributed by atoms with E-state index in [9.17, 15) is 4.39 Å². The first kappa shape index (κ1) is 14.4. The monoisotopic (exact) mass is 342 g/mol. The third kappa shape index (κ3) is 3.71. The normalized spacial score (nSPS) is 12.2. The molecule has 2 aromatic carbocycles. The second kappa shape index (κ2) is 6.40. The van der Waals surface area contributed by atoms with Gasteiger partial charge in [-0.25, -0.2) is 4.39 Å². The van der Waals surface area contributed by atoms with Crippen molar-refractivity contribution in [1.29, 1.82) is 0 Å². The van der Waals surface area contributed by atoms with Gasteiger partial charge in [-0.3, -0.25) is 0 Å². The van der Waals surface area contributed by atoms with Gasteiger partial charge in [-0.05, 0) is 41.8 Å². The molecule has 0 saturated carbocycles. The predicted molar refractivity (Wildman–Crippen MR) is 79.8 cm³/mol. The summed E-state index contributed by atoms with van der Waals surface area (Å²) in [4.78, 5) is 0.0349. The second-order valence-electron chi connectivity index (χ2n) is 4.19. The highest BCUT2D eigenvalue weighted by molar-refractivity contribution is 9.09. The Labute approximate surface area is 125 Å². The van der Waals surface area contributed by atoms with Crippen molar-refractivity contribution in [1.82, 2.24) is 0 Å². The molecule has 1 unspecified atom stereocenters. The van der Waals surface area contributed by atoms with E-state index in [4.69, 9.17) is 16.3 Å². The van der Waals surface area contributed by atoms with Crippen molar-refractivity contribution < 1.29 is 9.13 Å². The molecule has 0 spiro atoms. The van der Waals surface area contributed by atoms with Crippen molar-refractivity contribution in [3.8, 4) is 5.75 Å². The minimum absolute atomic E-state index is 0.0349. The van der Waals surface area contributed by atoms with Gasteiger partial charge >= 0.3 is 0 Å². The minimum atomic E-state index is -0.324. The van der Waals surface area contributed by atoms with E-state index in [1.165, 1.54) is 12.1 Å². The van der Waals surface area contributed by atoms with Gasteiger partial charge in [-0.2, -0.15) is 0 Å². The van der Waals surface area contributed by atoms with E-state index < -0.39 is 0 Å². The van der Waals surface area contributed by atoms with Crippen molar-refractivity contribution in [3.63, 3.8) is 0 Å². The van der Waals surface area contributed by atoms with Gasteiger partial charge < -0.3 is 4.74 Å². The van der Waals surface area contributed by atoms with Crippen LogP contribution in [-0.4, -0.2) is 7.11 Å². The Hall–Kier alpha value is -1.06. The minimum Gasteiger partial charge on any atom is -0.497 e. The summed E-state index contributed by atoms with van der Waals surface area (Å²) in [5.41, 5.74) is 2.01. The fraction of sp³-hybridized carbons (Fsp3) is 0.200. The molecule has 0 aliphatic heterocycles. The Morgan fingerprint density at radius 2 is 2.05 bits per heavy atom. The van der Waals surface area contributed by atoms with Crippen LogP contribution in [0.4, 0.5) is 4.39 Å². The lowest BCUT2D eigenvalue weighted by Crippen LogP contribution is -1.97. The molecule has 0 radical (unpaired) electrons. The van der Waals surface area contributed by atoms with Gasteiger partial charge in [0.15, 0.2) is 0 Å². The molecule has 19 heavy (non-hydrogen) atoms. The molecule has 4 heteroatoms. The molecule has 1 atom stereocenters. The lowest BCUT2D eigenvalue weighted by molar-refractivity contribution is 0.414. The maximum Gasteiger partial charge on any atom is 0.124 e. The van der Waals surface area contributed by atoms with E-state index in [-0.39, 0.29) is 10.6 Å². The molecule has 0 N–H and O–H groups in total. The van der Waals surface area contributed by atoms with Crippen LogP contribution in [0.25, 0.3) is 0 Å². The quantitative estimate of drug-likeness (QED) is 0.696. The third-order valence-corrected chi connectivity index (χ3v) is 3.99. The number of hydrogen-bond donors (Lipinski definition) is 0. The Kier molecular flexibility index (Phi) is 4.83. The number of ether oxygens (including phenoxy) is 1. The van der Waals surface area contributed by atoms with E-state index in [2.05, 4.69) is 15.9 Å². The van der Waals surface area contributed by atoms with E-state index in [1.54, 1.807) is 13.2 Å². The molecule has 0 aliphatic carbocycles. The topological polar surface area (TPSA) is 9.23 Å². The number of halogens is 3. The Bertz CT molecular complexity index is 574. The summed E-state index contributed by atoms with van der Waals surface area (Å²) in [5, 5.41) is 0.435. The average molecular weight is 344 g/mol. The molecule has 2 rings (SSSR count). The fourth-order valence-corrected chi connectivity index (χ4v) is 3.08. The predicted octanol–water partition coefficient (Wildman–Crippen LogP) is 5.17. The molecule has 100 valence electrons. The zero-order valence-electron chi connectivity index (χ0n) is 10.4. The summed E-state index contributed by atoms with van der Waals surface area (Å²) in [6.45, 7) is 0. The highest BCUT2D eigenvalue weighted by Crippen LogP contribution is 2.33. The zero-order chi connectivity index (χ0) is 13.8. The summed E-state index contributed by atoms with van der Waals surface area (Å²) in [6, 6.07) is 12.3. The highest BCUT2D eigenvalue weighted by Gasteiger charge is 2.13. The Balaban J connectivity index is 2.17. The first-order valence-corrected chi connectivity index (χ1v) is 7.11. The number of methoxy groups -OCH3 is 1. The molecule has 2 aromatic rings. The maximum atomic E-state index is 13.0. The number of benzene rings is 2. The number of alkyl halides is 1. The van der Waals surface area contributed by atoms with Crippen LogP contribution in [0.1, 0.15) is 16.0 Å². The van der Waals surface area contributed by atoms with Crippen LogP contribution < -0.4 is 4.74 Å². The van der Waals surface area contributed by atoms with Gasteiger partial charge in [0.25, 0.3) is 0 Å². The number of rotatable bonds is 4. The van der Waals surface area contributed by atoms with Crippen molar-refractivity contribution in [3.05, 3.63) is 64.4 Å². The molecule has 0 amide bonds. The van der Waals surface area contributed by atoms with Gasteiger partial charge in [0.2, 0.25) is 0 Å². The van der Waals surface area contributed by atoms with Crippen LogP contribution in [0.15, 0.2) is 42.5 Å². The summed E-state index contributed by atoms with van der Waals surface area (Å²) >= 11 is 9.65. The Morgan fingerprint density at radius 3 is 2.74 bits per heavy atom. The standard InChI is InChI=1S/C15H13BrClFO/c1-19-12-4-2-3-10(7-12)8-14(16)13-6-5-11(18)9-15(13)17/h2-7,9,14H,8H2,1H3. The molecule has 0 aromatic heterocycles. The lowest BCUT2D eigenvalue weighted by atomic mass is 10.0. The van der Waals surface area contributed by atoms with E-state index in [0.717, 1.165) is 23.3 Å². The van der Waals surface area contributed by atoms with Gasteiger partial charge in [-0.1, -0.05) is 45.7 Å². The summed E-state index contributed by atoms with van der Waals surface area (Å²) < 4.78 is 18.2. The van der Waals surface area contributed by atoms with Crippen molar-refractivity contribution >= 4 is 27.5 Å².